The summed E-state index contributed by atoms with van der Waals surface area (Å²) < 4.78 is 5.42. The Hall–Kier alpha value is -1.68. The van der Waals surface area contributed by atoms with Crippen molar-refractivity contribution < 1.29 is 4.52 Å². The maximum absolute atomic E-state index is 5.42. The summed E-state index contributed by atoms with van der Waals surface area (Å²) >= 11 is 0. The van der Waals surface area contributed by atoms with Gasteiger partial charge in [-0.15, -0.1) is 0 Å². The molecule has 0 spiro atoms. The second-order valence-electron chi connectivity index (χ2n) is 5.54. The zero-order valence-electron chi connectivity index (χ0n) is 12.0. The number of rotatable bonds is 5. The van der Waals surface area contributed by atoms with Crippen LogP contribution in [0.15, 0.2) is 34.9 Å². The normalized spacial score (nSPS) is 12.1. The van der Waals surface area contributed by atoms with Crippen LogP contribution in [0.3, 0.4) is 0 Å². The number of hydrogen-bond donors (Lipinski definition) is 1. The molecular formula is C15H21N3O. The SMILES string of the molecule is CC(C)NCc1noc(C(C)(C)c2ccccc2)n1. The Morgan fingerprint density at radius 1 is 1.21 bits per heavy atom. The monoisotopic (exact) mass is 259 g/mol. The van der Waals surface area contributed by atoms with Gasteiger partial charge >= 0.3 is 0 Å². The van der Waals surface area contributed by atoms with Crippen LogP contribution in [0, 0.1) is 0 Å². The van der Waals surface area contributed by atoms with Crippen molar-refractivity contribution in [1.29, 1.82) is 0 Å². The number of nitrogens with one attached hydrogen (secondary N) is 1. The second-order valence-corrected chi connectivity index (χ2v) is 5.54. The first kappa shape index (κ1) is 13.7. The Morgan fingerprint density at radius 3 is 2.53 bits per heavy atom. The van der Waals surface area contributed by atoms with Crippen molar-refractivity contribution in [3.05, 3.63) is 47.6 Å². The van der Waals surface area contributed by atoms with Gasteiger partial charge in [0.25, 0.3) is 0 Å². The molecule has 0 atom stereocenters. The molecule has 2 rings (SSSR count). The number of nitrogens with zero attached hydrogens (tertiary/aromatic N) is 2. The largest absolute Gasteiger partial charge is 0.338 e. The minimum atomic E-state index is -0.273. The van der Waals surface area contributed by atoms with Gasteiger partial charge in [-0.05, 0) is 19.4 Å². The van der Waals surface area contributed by atoms with Crippen LogP contribution in [-0.2, 0) is 12.0 Å². The van der Waals surface area contributed by atoms with Crippen LogP contribution in [0.4, 0.5) is 0 Å². The summed E-state index contributed by atoms with van der Waals surface area (Å²) in [6, 6.07) is 10.6. The smallest absolute Gasteiger partial charge is 0.236 e. The fourth-order valence-corrected chi connectivity index (χ4v) is 1.85. The molecule has 19 heavy (non-hydrogen) atoms. The third-order valence-electron chi connectivity index (χ3n) is 3.17. The third-order valence-corrected chi connectivity index (χ3v) is 3.17. The summed E-state index contributed by atoms with van der Waals surface area (Å²) in [4.78, 5) is 4.49. The molecule has 1 N–H and O–H groups in total. The van der Waals surface area contributed by atoms with Crippen molar-refractivity contribution >= 4 is 0 Å². The molecule has 2 aromatic rings. The van der Waals surface area contributed by atoms with Gasteiger partial charge < -0.3 is 9.84 Å². The molecule has 0 aliphatic carbocycles. The molecular weight excluding hydrogens is 238 g/mol. The molecule has 0 aliphatic heterocycles. The summed E-state index contributed by atoms with van der Waals surface area (Å²) in [5.41, 5.74) is 0.895. The standard InChI is InChI=1S/C15H21N3O/c1-11(2)16-10-13-17-14(19-18-13)15(3,4)12-8-6-5-7-9-12/h5-9,11,16H,10H2,1-4H3. The topological polar surface area (TPSA) is 51.0 Å². The van der Waals surface area contributed by atoms with Crippen molar-refractivity contribution in [2.45, 2.75) is 45.7 Å². The molecule has 1 aromatic carbocycles. The lowest BCUT2D eigenvalue weighted by Gasteiger charge is -2.20. The fraction of sp³-hybridized carbons (Fsp3) is 0.467. The van der Waals surface area contributed by atoms with E-state index in [-0.39, 0.29) is 5.41 Å². The predicted octanol–water partition coefficient (Wildman–Crippen LogP) is 2.89. The summed E-state index contributed by atoms with van der Waals surface area (Å²) in [7, 11) is 0. The Balaban J connectivity index is 2.17. The number of aromatic nitrogens is 2. The van der Waals surface area contributed by atoms with E-state index in [1.165, 1.54) is 5.56 Å². The van der Waals surface area contributed by atoms with Crippen LogP contribution in [0.25, 0.3) is 0 Å². The Morgan fingerprint density at radius 2 is 1.89 bits per heavy atom. The van der Waals surface area contributed by atoms with E-state index in [2.05, 4.69) is 55.3 Å². The zero-order valence-corrected chi connectivity index (χ0v) is 12.0. The molecule has 0 bridgehead atoms. The van der Waals surface area contributed by atoms with Gasteiger partial charge in [0.1, 0.15) is 0 Å². The van der Waals surface area contributed by atoms with E-state index in [9.17, 15) is 0 Å². The molecule has 4 heteroatoms. The van der Waals surface area contributed by atoms with E-state index in [1.54, 1.807) is 0 Å². The first-order chi connectivity index (χ1) is 9.00. The molecule has 0 aliphatic rings. The van der Waals surface area contributed by atoms with Gasteiger partial charge in [-0.3, -0.25) is 0 Å². The Labute approximate surface area is 114 Å². The number of hydrogen-bond acceptors (Lipinski definition) is 4. The summed E-state index contributed by atoms with van der Waals surface area (Å²) in [6.45, 7) is 9.00. The highest BCUT2D eigenvalue weighted by Gasteiger charge is 2.29. The minimum Gasteiger partial charge on any atom is -0.338 e. The van der Waals surface area contributed by atoms with E-state index in [4.69, 9.17) is 4.52 Å². The minimum absolute atomic E-state index is 0.273. The first-order valence-electron chi connectivity index (χ1n) is 6.62. The highest BCUT2D eigenvalue weighted by molar-refractivity contribution is 5.29. The van der Waals surface area contributed by atoms with Gasteiger partial charge in [0, 0.05) is 6.04 Å². The van der Waals surface area contributed by atoms with Crippen molar-refractivity contribution in [3.63, 3.8) is 0 Å². The maximum atomic E-state index is 5.42. The molecule has 0 fully saturated rings. The molecule has 0 saturated heterocycles. The van der Waals surface area contributed by atoms with Crippen molar-refractivity contribution in [2.24, 2.45) is 0 Å². The molecule has 1 heterocycles. The van der Waals surface area contributed by atoms with E-state index in [0.717, 1.165) is 0 Å². The lowest BCUT2D eigenvalue weighted by Crippen LogP contribution is -2.23. The summed E-state index contributed by atoms with van der Waals surface area (Å²) in [6.07, 6.45) is 0. The molecule has 0 amide bonds. The molecule has 0 unspecified atom stereocenters. The Kier molecular flexibility index (Phi) is 4.00. The average Bonchev–Trinajstić information content (AvgIpc) is 2.87. The molecule has 0 saturated carbocycles. The van der Waals surface area contributed by atoms with Crippen LogP contribution in [0.1, 0.15) is 45.0 Å². The molecule has 4 nitrogen and oxygen atoms in total. The van der Waals surface area contributed by atoms with Gasteiger partial charge in [-0.2, -0.15) is 4.98 Å². The summed E-state index contributed by atoms with van der Waals surface area (Å²) in [5, 5.41) is 7.31. The average molecular weight is 259 g/mol. The highest BCUT2D eigenvalue weighted by Crippen LogP contribution is 2.29. The first-order valence-corrected chi connectivity index (χ1v) is 6.62. The van der Waals surface area contributed by atoms with E-state index in [1.807, 2.05) is 18.2 Å². The van der Waals surface area contributed by atoms with Gasteiger partial charge in [0.05, 0.1) is 12.0 Å². The highest BCUT2D eigenvalue weighted by atomic mass is 16.5. The molecule has 102 valence electrons. The zero-order chi connectivity index (χ0) is 13.9. The predicted molar refractivity (Wildman–Crippen MR) is 74.8 cm³/mol. The quantitative estimate of drug-likeness (QED) is 0.897. The van der Waals surface area contributed by atoms with E-state index < -0.39 is 0 Å². The Bertz CT molecular complexity index is 517. The van der Waals surface area contributed by atoms with Crippen LogP contribution in [0.5, 0.6) is 0 Å². The van der Waals surface area contributed by atoms with Crippen LogP contribution < -0.4 is 5.32 Å². The maximum Gasteiger partial charge on any atom is 0.236 e. The second kappa shape index (κ2) is 5.53. The summed E-state index contributed by atoms with van der Waals surface area (Å²) in [5.74, 6) is 1.35. The van der Waals surface area contributed by atoms with Crippen LogP contribution >= 0.6 is 0 Å². The van der Waals surface area contributed by atoms with Gasteiger partial charge in [0.15, 0.2) is 5.82 Å². The molecule has 0 radical (unpaired) electrons. The van der Waals surface area contributed by atoms with E-state index in [0.29, 0.717) is 24.3 Å². The lowest BCUT2D eigenvalue weighted by atomic mass is 9.84. The fourth-order valence-electron chi connectivity index (χ4n) is 1.85. The number of benzene rings is 1. The third kappa shape index (κ3) is 3.20. The lowest BCUT2D eigenvalue weighted by molar-refractivity contribution is 0.328. The van der Waals surface area contributed by atoms with Crippen molar-refractivity contribution in [2.75, 3.05) is 0 Å². The van der Waals surface area contributed by atoms with E-state index >= 15 is 0 Å². The van der Waals surface area contributed by atoms with Crippen LogP contribution in [-0.4, -0.2) is 16.2 Å². The van der Waals surface area contributed by atoms with Crippen molar-refractivity contribution in [3.8, 4) is 0 Å². The van der Waals surface area contributed by atoms with Crippen LogP contribution in [0.2, 0.25) is 0 Å². The van der Waals surface area contributed by atoms with Crippen molar-refractivity contribution in [1.82, 2.24) is 15.5 Å². The molecule has 1 aromatic heterocycles. The van der Waals surface area contributed by atoms with Gasteiger partial charge in [0.2, 0.25) is 5.89 Å². The van der Waals surface area contributed by atoms with Gasteiger partial charge in [-0.1, -0.05) is 49.3 Å². The van der Waals surface area contributed by atoms with Gasteiger partial charge in [-0.25, -0.2) is 0 Å².